The van der Waals surface area contributed by atoms with Gasteiger partial charge >= 0.3 is 12.1 Å². The first-order valence-electron chi connectivity index (χ1n) is 25.3. The van der Waals surface area contributed by atoms with Crippen LogP contribution in [0.5, 0.6) is 0 Å². The average molecular weight is 1040 g/mol. The first-order valence-corrected chi connectivity index (χ1v) is 25.3. The third kappa shape index (κ3) is 11.0. The van der Waals surface area contributed by atoms with Crippen molar-refractivity contribution in [3.63, 3.8) is 0 Å². The van der Waals surface area contributed by atoms with Crippen LogP contribution in [0.3, 0.4) is 0 Å². The van der Waals surface area contributed by atoms with Crippen molar-refractivity contribution in [3.8, 4) is 0 Å². The molecule has 76 heavy (non-hydrogen) atoms. The lowest BCUT2D eigenvalue weighted by Gasteiger charge is -2.46. The minimum Gasteiger partial charge on any atom is -0.384 e. The number of nitrogens with one attached hydrogen (secondary N) is 2. The van der Waals surface area contributed by atoms with E-state index in [-0.39, 0.29) is 43.3 Å². The van der Waals surface area contributed by atoms with Gasteiger partial charge in [-0.05, 0) is 136 Å². The van der Waals surface area contributed by atoms with E-state index in [9.17, 15) is 28.8 Å². The van der Waals surface area contributed by atoms with Gasteiger partial charge in [0.05, 0.1) is 30.1 Å². The summed E-state index contributed by atoms with van der Waals surface area (Å²) in [5.41, 5.74) is 18.6. The number of imide groups is 2. The van der Waals surface area contributed by atoms with Crippen molar-refractivity contribution in [1.29, 1.82) is 0 Å². The van der Waals surface area contributed by atoms with E-state index in [0.717, 1.165) is 26.5 Å². The Labute approximate surface area is 440 Å². The van der Waals surface area contributed by atoms with Crippen molar-refractivity contribution in [2.45, 2.75) is 104 Å². The van der Waals surface area contributed by atoms with Gasteiger partial charge in [0.1, 0.15) is 35.4 Å². The quantitative estimate of drug-likeness (QED) is 0.0756. The molecule has 2 aliphatic heterocycles. The van der Waals surface area contributed by atoms with Crippen LogP contribution in [0.25, 0.3) is 0 Å². The maximum absolute atomic E-state index is 15.2. The Balaban J connectivity index is 0.990. The second kappa shape index (κ2) is 22.2. The number of nitrogens with zero attached hydrogens (tertiary/aromatic N) is 10. The monoisotopic (exact) mass is 1040 g/mol. The van der Waals surface area contributed by atoms with Crippen molar-refractivity contribution in [2.24, 2.45) is 18.9 Å². The summed E-state index contributed by atoms with van der Waals surface area (Å²) in [5.74, 6) is -3.18. The van der Waals surface area contributed by atoms with Gasteiger partial charge in [0.25, 0.3) is 11.8 Å². The molecule has 0 spiro atoms. The number of halogens is 1. The molecule has 6 atom stereocenters. The summed E-state index contributed by atoms with van der Waals surface area (Å²) in [4.78, 5) is 98.6. The van der Waals surface area contributed by atoms with E-state index >= 15 is 4.39 Å². The van der Waals surface area contributed by atoms with Crippen LogP contribution in [0.4, 0.5) is 37.3 Å². The molecule has 0 saturated carbocycles. The highest BCUT2D eigenvalue weighted by molar-refractivity contribution is 6.13. The molecule has 2 saturated heterocycles. The number of hydrogen-bond acceptors (Lipinski definition) is 12. The SMILES string of the molecule is CC[C@@H](NC(=O)N1C(=O)[C@H](Cc2cc(C)nc(N)c2)[C@H]1C(=O)N(C)c1ccn(CCC[C@@H](NC(=O)N2C(=O)[C@H](Cc3cc(C)nc(N)c3)[C@H]2C(=O)N(C)c2ccnn2C)c2cccc(F)c2C)n1)c1ccc(C)c(C)c1. The maximum atomic E-state index is 15.2. The minimum atomic E-state index is -1.21. The molecule has 2 aromatic carbocycles. The van der Waals surface area contributed by atoms with Crippen molar-refractivity contribution in [1.82, 2.24) is 50.0 Å². The molecule has 0 aliphatic carbocycles. The van der Waals surface area contributed by atoms with Gasteiger partial charge in [-0.15, -0.1) is 0 Å². The van der Waals surface area contributed by atoms with Crippen LogP contribution in [0.2, 0.25) is 0 Å². The number of carbonyl (C=O) groups excluding carboxylic acids is 6. The summed E-state index contributed by atoms with van der Waals surface area (Å²) in [6, 6.07) is 15.5. The van der Waals surface area contributed by atoms with E-state index in [4.69, 9.17) is 16.6 Å². The maximum Gasteiger partial charge on any atom is 0.325 e. The molecule has 8 rings (SSSR count). The van der Waals surface area contributed by atoms with Crippen molar-refractivity contribution >= 4 is 59.0 Å². The molecule has 6 N–H and O–H groups in total. The highest BCUT2D eigenvalue weighted by atomic mass is 19.1. The van der Waals surface area contributed by atoms with Gasteiger partial charge in [0.2, 0.25) is 11.8 Å². The summed E-state index contributed by atoms with van der Waals surface area (Å²) < 4.78 is 18.3. The van der Waals surface area contributed by atoms with Gasteiger partial charge in [-0.3, -0.25) is 48.1 Å². The molecule has 6 heterocycles. The molecular weight excluding hydrogens is 972 g/mol. The molecule has 21 heteroatoms. The van der Waals surface area contributed by atoms with Crippen molar-refractivity contribution < 1.29 is 33.2 Å². The van der Waals surface area contributed by atoms with E-state index in [0.29, 0.717) is 52.3 Å². The smallest absolute Gasteiger partial charge is 0.325 e. The number of likely N-dealkylation sites (N-methyl/N-ethyl adjacent to an activating group) is 2. The third-order valence-corrected chi connectivity index (χ3v) is 14.6. The number of β-lactam (4-membered cyclic amide) rings is 2. The van der Waals surface area contributed by atoms with Gasteiger partial charge in [0.15, 0.2) is 5.82 Å². The molecule has 20 nitrogen and oxygen atoms in total. The second-order valence-electron chi connectivity index (χ2n) is 19.9. The third-order valence-electron chi connectivity index (χ3n) is 14.6. The molecular formula is C55H65FN14O6. The zero-order chi connectivity index (χ0) is 54.9. The first-order chi connectivity index (χ1) is 36.1. The molecule has 6 aromatic rings. The summed E-state index contributed by atoms with van der Waals surface area (Å²) in [7, 11) is 4.75. The molecule has 0 bridgehead atoms. The predicted molar refractivity (Wildman–Crippen MR) is 284 cm³/mol. The Morgan fingerprint density at radius 1 is 0.737 bits per heavy atom. The van der Waals surface area contributed by atoms with Gasteiger partial charge < -0.3 is 22.1 Å². The van der Waals surface area contributed by atoms with Crippen LogP contribution in [-0.4, -0.2) is 101 Å². The number of nitrogens with two attached hydrogens (primary N) is 2. The Morgan fingerprint density at radius 2 is 1.32 bits per heavy atom. The number of rotatable bonds is 17. The normalized spacial score (nSPS) is 17.9. The molecule has 4 aromatic heterocycles. The standard InChI is InChI=1S/C55H65FN14O6/c1-10-42(37-17-16-30(2)31(3)23-37)62-54(75)69-48(39(50(69)71)26-35-24-32(4)60-44(57)28-35)52(73)65(7)46-19-22-68(64-46)21-12-15-43(38-13-11-14-41(56)34(38)6)63-55(76)70-49(53(74)66(8)47-18-20-59-67(47)9)40(51(70)72)27-36-25-33(5)61-45(58)29-36/h11,13-14,16-20,22-25,28-29,39-40,42-43,48-49H,10,12,15,21,26-27H2,1-9H3,(H2,57,60)(H2,58,61)(H,62,75)(H,63,76)/t39-,40-,42-,43-,48+,49+/m1/s1. The molecule has 0 unspecified atom stereocenters. The summed E-state index contributed by atoms with van der Waals surface area (Å²) in [5, 5.41) is 14.8. The molecule has 8 amide bonds. The van der Waals surface area contributed by atoms with E-state index < -0.39 is 77.5 Å². The molecule has 2 fully saturated rings. The fraction of sp³-hybridized carbons (Fsp3) is 0.382. The van der Waals surface area contributed by atoms with Crippen LogP contribution in [0, 0.1) is 52.3 Å². The number of nitrogen functional groups attached to an aromatic ring is 2. The van der Waals surface area contributed by atoms with Gasteiger partial charge in [-0.25, -0.2) is 23.9 Å². The molecule has 398 valence electrons. The number of aryl methyl sites for hydroxylation is 6. The van der Waals surface area contributed by atoms with Crippen LogP contribution in [0.1, 0.15) is 88.6 Å². The van der Waals surface area contributed by atoms with E-state index in [1.54, 1.807) is 88.2 Å². The topological polar surface area (TPSA) is 253 Å². The number of pyridine rings is 2. The average Bonchev–Trinajstić information content (AvgIpc) is 4.07. The summed E-state index contributed by atoms with van der Waals surface area (Å²) in [6.45, 7) is 11.4. The predicted octanol–water partition coefficient (Wildman–Crippen LogP) is 6.11. The van der Waals surface area contributed by atoms with Crippen molar-refractivity contribution in [3.05, 3.63) is 141 Å². The fourth-order valence-electron chi connectivity index (χ4n) is 10.4. The lowest BCUT2D eigenvalue weighted by Crippen LogP contribution is -2.70. The van der Waals surface area contributed by atoms with Crippen LogP contribution in [0.15, 0.2) is 85.2 Å². The number of anilines is 4. The number of hydrogen-bond donors (Lipinski definition) is 4. The Hall–Kier alpha value is -8.49. The van der Waals surface area contributed by atoms with E-state index in [1.165, 1.54) is 39.9 Å². The summed E-state index contributed by atoms with van der Waals surface area (Å²) >= 11 is 0. The number of amides is 8. The minimum absolute atomic E-state index is 0.117. The van der Waals surface area contributed by atoms with Crippen LogP contribution in [-0.2, 0) is 45.6 Å². The Bertz CT molecular complexity index is 3190. The van der Waals surface area contributed by atoms with Crippen LogP contribution < -0.4 is 31.9 Å². The van der Waals surface area contributed by atoms with E-state index in [1.807, 2.05) is 39.0 Å². The number of carbonyl (C=O) groups is 6. The van der Waals surface area contributed by atoms with Gasteiger partial charge in [0, 0.05) is 57.4 Å². The highest BCUT2D eigenvalue weighted by Gasteiger charge is 2.57. The first kappa shape index (κ1) is 53.8. The highest BCUT2D eigenvalue weighted by Crippen LogP contribution is 2.36. The number of benzene rings is 2. The molecule has 0 radical (unpaired) electrons. The summed E-state index contributed by atoms with van der Waals surface area (Å²) in [6.07, 6.45) is 4.61. The lowest BCUT2D eigenvalue weighted by molar-refractivity contribution is -0.156. The lowest BCUT2D eigenvalue weighted by atomic mass is 9.81. The largest absolute Gasteiger partial charge is 0.384 e. The van der Waals surface area contributed by atoms with Crippen LogP contribution >= 0.6 is 0 Å². The molecule has 2 aliphatic rings. The fourth-order valence-corrected chi connectivity index (χ4v) is 10.4. The Morgan fingerprint density at radius 3 is 1.86 bits per heavy atom. The number of urea groups is 2. The van der Waals surface area contributed by atoms with Gasteiger partial charge in [-0.2, -0.15) is 10.2 Å². The number of aromatic nitrogens is 6. The Kier molecular flexibility index (Phi) is 15.7. The number of likely N-dealkylation sites (tertiary alicyclic amines) is 2. The zero-order valence-corrected chi connectivity index (χ0v) is 44.2. The van der Waals surface area contributed by atoms with E-state index in [2.05, 4.69) is 25.7 Å². The van der Waals surface area contributed by atoms with Crippen molar-refractivity contribution in [2.75, 3.05) is 35.4 Å². The second-order valence-corrected chi connectivity index (χ2v) is 19.9. The zero-order valence-electron chi connectivity index (χ0n) is 44.2. The van der Waals surface area contributed by atoms with Gasteiger partial charge in [-0.1, -0.05) is 37.3 Å².